The lowest BCUT2D eigenvalue weighted by molar-refractivity contribution is 0.294. The summed E-state index contributed by atoms with van der Waals surface area (Å²) in [6, 6.07) is 0. The Bertz CT molecular complexity index is 196. The van der Waals surface area contributed by atoms with Gasteiger partial charge >= 0.3 is 0 Å². The van der Waals surface area contributed by atoms with E-state index in [2.05, 4.69) is 37.8 Å². The second kappa shape index (κ2) is 3.16. The summed E-state index contributed by atoms with van der Waals surface area (Å²) in [4.78, 5) is 0.375. The summed E-state index contributed by atoms with van der Waals surface area (Å²) in [5.74, 6) is 2.18. The largest absolute Gasteiger partial charge is 0.297 e. The van der Waals surface area contributed by atoms with Gasteiger partial charge in [0.05, 0.1) is 4.87 Å². The van der Waals surface area contributed by atoms with E-state index in [1.54, 1.807) is 0 Å². The number of nitrogens with one attached hydrogen (secondary N) is 1. The lowest BCUT2D eigenvalue weighted by atomic mass is 9.96. The SMILES string of the molecule is CC1(C)CSC(C)(C2CCCC2)N1. The van der Waals surface area contributed by atoms with Gasteiger partial charge < -0.3 is 0 Å². The van der Waals surface area contributed by atoms with E-state index in [0.29, 0.717) is 10.4 Å². The third-order valence-corrected chi connectivity index (χ3v) is 5.35. The minimum absolute atomic E-state index is 0.349. The van der Waals surface area contributed by atoms with E-state index >= 15 is 0 Å². The summed E-state index contributed by atoms with van der Waals surface area (Å²) in [6.45, 7) is 7.04. The van der Waals surface area contributed by atoms with Crippen molar-refractivity contribution in [2.24, 2.45) is 5.92 Å². The summed E-state index contributed by atoms with van der Waals surface area (Å²) in [6.07, 6.45) is 5.77. The van der Waals surface area contributed by atoms with Gasteiger partial charge in [-0.25, -0.2) is 0 Å². The molecule has 1 aliphatic carbocycles. The van der Waals surface area contributed by atoms with Crippen LogP contribution in [0.25, 0.3) is 0 Å². The summed E-state index contributed by atoms with van der Waals surface area (Å²) < 4.78 is 0. The maximum atomic E-state index is 3.81. The number of thioether (sulfide) groups is 1. The topological polar surface area (TPSA) is 12.0 Å². The number of rotatable bonds is 1. The van der Waals surface area contributed by atoms with Crippen molar-refractivity contribution in [2.45, 2.75) is 56.9 Å². The van der Waals surface area contributed by atoms with E-state index in [4.69, 9.17) is 0 Å². The fourth-order valence-electron chi connectivity index (χ4n) is 2.77. The maximum absolute atomic E-state index is 3.81. The molecule has 0 spiro atoms. The molecule has 0 aromatic rings. The van der Waals surface area contributed by atoms with Crippen molar-refractivity contribution in [3.8, 4) is 0 Å². The maximum Gasteiger partial charge on any atom is 0.0650 e. The van der Waals surface area contributed by atoms with Gasteiger partial charge in [-0.05, 0) is 39.5 Å². The highest BCUT2D eigenvalue weighted by molar-refractivity contribution is 8.00. The van der Waals surface area contributed by atoms with Crippen molar-refractivity contribution in [1.82, 2.24) is 5.32 Å². The van der Waals surface area contributed by atoms with Crippen molar-refractivity contribution >= 4 is 11.8 Å². The minimum atomic E-state index is 0.349. The van der Waals surface area contributed by atoms with E-state index in [-0.39, 0.29) is 0 Å². The first-order chi connectivity index (χ1) is 6.02. The minimum Gasteiger partial charge on any atom is -0.297 e. The highest BCUT2D eigenvalue weighted by Gasteiger charge is 2.45. The Morgan fingerprint density at radius 2 is 1.77 bits per heavy atom. The molecule has 1 atom stereocenters. The average molecular weight is 199 g/mol. The molecule has 0 amide bonds. The fraction of sp³-hybridized carbons (Fsp3) is 1.00. The smallest absolute Gasteiger partial charge is 0.0650 e. The first kappa shape index (κ1) is 9.85. The van der Waals surface area contributed by atoms with Crippen LogP contribution in [0.3, 0.4) is 0 Å². The molecule has 2 rings (SSSR count). The van der Waals surface area contributed by atoms with Gasteiger partial charge in [-0.1, -0.05) is 12.8 Å². The molecule has 2 aliphatic rings. The van der Waals surface area contributed by atoms with Crippen molar-refractivity contribution in [3.05, 3.63) is 0 Å². The lowest BCUT2D eigenvalue weighted by Crippen LogP contribution is -2.49. The Hall–Kier alpha value is 0.310. The molecule has 1 nitrogen and oxygen atoms in total. The highest BCUT2D eigenvalue weighted by atomic mass is 32.2. The first-order valence-electron chi connectivity index (χ1n) is 5.45. The van der Waals surface area contributed by atoms with E-state index < -0.39 is 0 Å². The Morgan fingerprint density at radius 1 is 1.15 bits per heavy atom. The van der Waals surface area contributed by atoms with Crippen LogP contribution in [0.1, 0.15) is 46.5 Å². The third kappa shape index (κ3) is 1.89. The van der Waals surface area contributed by atoms with E-state index in [9.17, 15) is 0 Å². The number of hydrogen-bond acceptors (Lipinski definition) is 2. The second-order valence-corrected chi connectivity index (χ2v) is 6.81. The van der Waals surface area contributed by atoms with Crippen molar-refractivity contribution < 1.29 is 0 Å². The fourth-order valence-corrected chi connectivity index (χ4v) is 4.32. The van der Waals surface area contributed by atoms with Crippen LogP contribution in [0.2, 0.25) is 0 Å². The Kier molecular flexibility index (Phi) is 2.40. The molecule has 1 aliphatic heterocycles. The molecule has 13 heavy (non-hydrogen) atoms. The molecular formula is C11H21NS. The van der Waals surface area contributed by atoms with Crippen LogP contribution in [-0.2, 0) is 0 Å². The van der Waals surface area contributed by atoms with Gasteiger partial charge in [0.1, 0.15) is 0 Å². The quantitative estimate of drug-likeness (QED) is 0.697. The van der Waals surface area contributed by atoms with Gasteiger partial charge in [-0.3, -0.25) is 5.32 Å². The molecule has 2 fully saturated rings. The molecular weight excluding hydrogens is 178 g/mol. The standard InChI is InChI=1S/C11H21NS/c1-10(2)8-13-11(3,12-10)9-6-4-5-7-9/h9,12H,4-8H2,1-3H3. The van der Waals surface area contributed by atoms with Gasteiger partial charge in [-0.2, -0.15) is 0 Å². The summed E-state index contributed by atoms with van der Waals surface area (Å²) in [7, 11) is 0. The molecule has 0 radical (unpaired) electrons. The highest BCUT2D eigenvalue weighted by Crippen LogP contribution is 2.46. The predicted molar refractivity (Wildman–Crippen MR) is 60.0 cm³/mol. The van der Waals surface area contributed by atoms with Crippen LogP contribution in [0, 0.1) is 5.92 Å². The van der Waals surface area contributed by atoms with E-state index in [1.165, 1.54) is 31.4 Å². The van der Waals surface area contributed by atoms with Gasteiger partial charge in [0.2, 0.25) is 0 Å². The molecule has 0 aromatic heterocycles. The van der Waals surface area contributed by atoms with Crippen molar-refractivity contribution in [2.75, 3.05) is 5.75 Å². The van der Waals surface area contributed by atoms with Crippen LogP contribution >= 0.6 is 11.8 Å². The van der Waals surface area contributed by atoms with E-state index in [1.807, 2.05) is 0 Å². The van der Waals surface area contributed by atoms with Gasteiger partial charge in [0.15, 0.2) is 0 Å². The second-order valence-electron chi connectivity index (χ2n) is 5.39. The first-order valence-corrected chi connectivity index (χ1v) is 6.44. The van der Waals surface area contributed by atoms with Crippen LogP contribution in [0.15, 0.2) is 0 Å². The molecule has 1 unspecified atom stereocenters. The Labute approximate surface area is 86.0 Å². The van der Waals surface area contributed by atoms with Crippen molar-refractivity contribution in [1.29, 1.82) is 0 Å². The molecule has 76 valence electrons. The van der Waals surface area contributed by atoms with Crippen LogP contribution in [0.5, 0.6) is 0 Å². The Morgan fingerprint density at radius 3 is 2.23 bits per heavy atom. The summed E-state index contributed by atoms with van der Waals surface area (Å²) in [5.41, 5.74) is 0.349. The summed E-state index contributed by atoms with van der Waals surface area (Å²) in [5, 5.41) is 3.81. The summed E-state index contributed by atoms with van der Waals surface area (Å²) >= 11 is 2.14. The molecule has 0 aromatic carbocycles. The van der Waals surface area contributed by atoms with Gasteiger partial charge in [0.25, 0.3) is 0 Å². The molecule has 1 heterocycles. The van der Waals surface area contributed by atoms with E-state index in [0.717, 1.165) is 5.92 Å². The molecule has 0 bridgehead atoms. The lowest BCUT2D eigenvalue weighted by Gasteiger charge is -2.33. The molecule has 1 saturated carbocycles. The zero-order chi connectivity index (χ0) is 9.53. The van der Waals surface area contributed by atoms with Crippen LogP contribution in [-0.4, -0.2) is 16.2 Å². The normalized spacial score (nSPS) is 39.9. The zero-order valence-electron chi connectivity index (χ0n) is 9.02. The average Bonchev–Trinajstić information content (AvgIpc) is 2.58. The molecule has 1 N–H and O–H groups in total. The molecule has 2 heteroatoms. The zero-order valence-corrected chi connectivity index (χ0v) is 9.84. The van der Waals surface area contributed by atoms with Crippen LogP contribution < -0.4 is 5.32 Å². The van der Waals surface area contributed by atoms with Gasteiger partial charge in [0, 0.05) is 11.3 Å². The molecule has 1 saturated heterocycles. The predicted octanol–water partition coefficient (Wildman–Crippen LogP) is 3.01. The Balaban J connectivity index is 2.05. The van der Waals surface area contributed by atoms with Crippen molar-refractivity contribution in [3.63, 3.8) is 0 Å². The third-order valence-electron chi connectivity index (χ3n) is 3.45. The monoisotopic (exact) mass is 199 g/mol. The van der Waals surface area contributed by atoms with Crippen LogP contribution in [0.4, 0.5) is 0 Å². The van der Waals surface area contributed by atoms with Gasteiger partial charge in [-0.15, -0.1) is 11.8 Å². The number of hydrogen-bond donors (Lipinski definition) is 1.